The lowest BCUT2D eigenvalue weighted by Crippen LogP contribution is -2.31. The van der Waals surface area contributed by atoms with E-state index in [1.54, 1.807) is 12.1 Å². The minimum absolute atomic E-state index is 0.149. The molecule has 3 rings (SSSR count). The van der Waals surface area contributed by atoms with Gasteiger partial charge >= 0.3 is 0 Å². The molecule has 0 saturated heterocycles. The molecule has 0 unspecified atom stereocenters. The van der Waals surface area contributed by atoms with Crippen molar-refractivity contribution in [1.29, 1.82) is 0 Å². The molecule has 0 aliphatic carbocycles. The van der Waals surface area contributed by atoms with E-state index in [4.69, 9.17) is 0 Å². The molecule has 0 saturated carbocycles. The summed E-state index contributed by atoms with van der Waals surface area (Å²) in [7, 11) is 0. The number of hydrogen-bond donors (Lipinski definition) is 2. The maximum atomic E-state index is 12.6. The van der Waals surface area contributed by atoms with Gasteiger partial charge in [0.05, 0.1) is 12.5 Å². The second-order valence-electron chi connectivity index (χ2n) is 6.42. The van der Waals surface area contributed by atoms with Crippen LogP contribution in [0.25, 0.3) is 0 Å². The predicted octanol–water partition coefficient (Wildman–Crippen LogP) is 4.49. The quantitative estimate of drug-likeness (QED) is 0.682. The van der Waals surface area contributed by atoms with Crippen molar-refractivity contribution >= 4 is 17.5 Å². The highest BCUT2D eigenvalue weighted by atomic mass is 16.2. The fourth-order valence-electron chi connectivity index (χ4n) is 2.89. The maximum Gasteiger partial charge on any atom is 0.251 e. The summed E-state index contributed by atoms with van der Waals surface area (Å²) in [6.45, 7) is 1.97. The average molecular weight is 358 g/mol. The zero-order chi connectivity index (χ0) is 19.1. The van der Waals surface area contributed by atoms with Crippen molar-refractivity contribution in [3.63, 3.8) is 0 Å². The van der Waals surface area contributed by atoms with Crippen LogP contribution in [0.2, 0.25) is 0 Å². The Morgan fingerprint density at radius 2 is 1.52 bits per heavy atom. The fraction of sp³-hybridized carbons (Fsp3) is 0.130. The molecule has 136 valence electrons. The first-order valence-corrected chi connectivity index (χ1v) is 8.89. The summed E-state index contributed by atoms with van der Waals surface area (Å²) in [6.07, 6.45) is 0.149. The van der Waals surface area contributed by atoms with Crippen molar-refractivity contribution in [3.05, 3.63) is 102 Å². The molecule has 0 bridgehead atoms. The standard InChI is InChI=1S/C23H22N2O2/c1-17-9-8-14-20(15-17)24-22(26)16-21(18-10-4-2-5-11-18)25-23(27)19-12-6-3-7-13-19/h2-15,21H,16H2,1H3,(H,24,26)(H,25,27)/t21-/m1/s1. The summed E-state index contributed by atoms with van der Waals surface area (Å²) in [5.74, 6) is -0.351. The molecule has 2 amide bonds. The highest BCUT2D eigenvalue weighted by Crippen LogP contribution is 2.19. The Bertz CT molecular complexity index is 908. The normalized spacial score (nSPS) is 11.4. The van der Waals surface area contributed by atoms with Crippen molar-refractivity contribution in [2.24, 2.45) is 0 Å². The lowest BCUT2D eigenvalue weighted by Gasteiger charge is -2.19. The summed E-state index contributed by atoms with van der Waals surface area (Å²) in [4.78, 5) is 25.1. The molecule has 1 atom stereocenters. The number of rotatable bonds is 6. The van der Waals surface area contributed by atoms with Crippen molar-refractivity contribution in [2.45, 2.75) is 19.4 Å². The molecule has 4 nitrogen and oxygen atoms in total. The predicted molar refractivity (Wildman–Crippen MR) is 108 cm³/mol. The SMILES string of the molecule is Cc1cccc(NC(=O)C[C@@H](NC(=O)c2ccccc2)c2ccccc2)c1. The second-order valence-corrected chi connectivity index (χ2v) is 6.42. The largest absolute Gasteiger partial charge is 0.345 e. The van der Waals surface area contributed by atoms with Crippen LogP contribution in [0.5, 0.6) is 0 Å². The van der Waals surface area contributed by atoms with Crippen molar-refractivity contribution in [1.82, 2.24) is 5.32 Å². The van der Waals surface area contributed by atoms with Crippen LogP contribution in [-0.4, -0.2) is 11.8 Å². The Morgan fingerprint density at radius 1 is 0.852 bits per heavy atom. The molecule has 0 aromatic heterocycles. The highest BCUT2D eigenvalue weighted by molar-refractivity contribution is 5.95. The van der Waals surface area contributed by atoms with Gasteiger partial charge in [-0.15, -0.1) is 0 Å². The van der Waals surface area contributed by atoms with Crippen LogP contribution in [0.1, 0.15) is 33.9 Å². The second kappa shape index (κ2) is 8.81. The Balaban J connectivity index is 1.74. The zero-order valence-electron chi connectivity index (χ0n) is 15.2. The van der Waals surface area contributed by atoms with Gasteiger partial charge in [0.2, 0.25) is 5.91 Å². The van der Waals surface area contributed by atoms with E-state index in [1.165, 1.54) is 0 Å². The number of carbonyl (C=O) groups is 2. The van der Waals surface area contributed by atoms with E-state index in [0.29, 0.717) is 5.56 Å². The van der Waals surface area contributed by atoms with Gasteiger partial charge in [-0.25, -0.2) is 0 Å². The smallest absolute Gasteiger partial charge is 0.251 e. The van der Waals surface area contributed by atoms with Gasteiger partial charge in [0.1, 0.15) is 0 Å². The molecule has 4 heteroatoms. The van der Waals surface area contributed by atoms with E-state index in [9.17, 15) is 9.59 Å². The first kappa shape index (κ1) is 18.4. The highest BCUT2D eigenvalue weighted by Gasteiger charge is 2.19. The number of hydrogen-bond acceptors (Lipinski definition) is 2. The Hall–Kier alpha value is -3.40. The van der Waals surface area contributed by atoms with Gasteiger partial charge < -0.3 is 10.6 Å². The van der Waals surface area contributed by atoms with Crippen LogP contribution in [-0.2, 0) is 4.79 Å². The van der Waals surface area contributed by atoms with Gasteiger partial charge in [0, 0.05) is 11.3 Å². The third kappa shape index (κ3) is 5.28. The monoisotopic (exact) mass is 358 g/mol. The minimum Gasteiger partial charge on any atom is -0.345 e. The fourth-order valence-corrected chi connectivity index (χ4v) is 2.89. The van der Waals surface area contributed by atoms with Crippen LogP contribution in [0, 0.1) is 6.92 Å². The molecule has 3 aromatic rings. The van der Waals surface area contributed by atoms with E-state index < -0.39 is 6.04 Å². The number of nitrogens with one attached hydrogen (secondary N) is 2. The van der Waals surface area contributed by atoms with Crippen molar-refractivity contribution in [2.75, 3.05) is 5.32 Å². The first-order chi connectivity index (χ1) is 13.1. The van der Waals surface area contributed by atoms with Crippen LogP contribution in [0.15, 0.2) is 84.9 Å². The third-order valence-corrected chi connectivity index (χ3v) is 4.23. The average Bonchev–Trinajstić information content (AvgIpc) is 2.69. The Labute approximate surface area is 159 Å². The van der Waals surface area contributed by atoms with Crippen LogP contribution in [0.4, 0.5) is 5.69 Å². The van der Waals surface area contributed by atoms with Gasteiger partial charge in [-0.2, -0.15) is 0 Å². The number of aryl methyl sites for hydroxylation is 1. The van der Waals surface area contributed by atoms with Gasteiger partial charge in [-0.05, 0) is 42.3 Å². The topological polar surface area (TPSA) is 58.2 Å². The van der Waals surface area contributed by atoms with Gasteiger partial charge in [0.15, 0.2) is 0 Å². The van der Waals surface area contributed by atoms with Crippen LogP contribution >= 0.6 is 0 Å². The molecular weight excluding hydrogens is 336 g/mol. The van der Waals surface area contributed by atoms with Crippen molar-refractivity contribution in [3.8, 4) is 0 Å². The lowest BCUT2D eigenvalue weighted by molar-refractivity contribution is -0.116. The molecule has 0 radical (unpaired) electrons. The van der Waals surface area contributed by atoms with Gasteiger partial charge in [-0.1, -0.05) is 60.7 Å². The third-order valence-electron chi connectivity index (χ3n) is 4.23. The van der Waals surface area contributed by atoms with E-state index in [-0.39, 0.29) is 18.2 Å². The summed E-state index contributed by atoms with van der Waals surface area (Å²) in [5.41, 5.74) is 3.28. The molecule has 0 fully saturated rings. The molecule has 27 heavy (non-hydrogen) atoms. The number of benzene rings is 3. The molecule has 0 aliphatic rings. The number of amides is 2. The summed E-state index contributed by atoms with van der Waals surface area (Å²) in [6, 6.07) is 25.8. The molecule has 3 aromatic carbocycles. The van der Waals surface area contributed by atoms with E-state index >= 15 is 0 Å². The lowest BCUT2D eigenvalue weighted by atomic mass is 10.0. The van der Waals surface area contributed by atoms with Gasteiger partial charge in [0.25, 0.3) is 5.91 Å². The molecule has 0 spiro atoms. The Morgan fingerprint density at radius 3 is 2.19 bits per heavy atom. The van der Waals surface area contributed by atoms with Gasteiger partial charge in [-0.3, -0.25) is 9.59 Å². The van der Waals surface area contributed by atoms with E-state index in [0.717, 1.165) is 16.8 Å². The molecule has 0 aliphatic heterocycles. The summed E-state index contributed by atoms with van der Waals surface area (Å²) < 4.78 is 0. The summed E-state index contributed by atoms with van der Waals surface area (Å²) in [5, 5.41) is 5.88. The number of carbonyl (C=O) groups excluding carboxylic acids is 2. The van der Waals surface area contributed by atoms with Crippen LogP contribution in [0.3, 0.4) is 0 Å². The molecule has 2 N–H and O–H groups in total. The maximum absolute atomic E-state index is 12.6. The zero-order valence-corrected chi connectivity index (χ0v) is 15.2. The van der Waals surface area contributed by atoms with Crippen LogP contribution < -0.4 is 10.6 Å². The van der Waals surface area contributed by atoms with E-state index in [2.05, 4.69) is 10.6 Å². The van der Waals surface area contributed by atoms with Crippen molar-refractivity contribution < 1.29 is 9.59 Å². The minimum atomic E-state index is -0.413. The first-order valence-electron chi connectivity index (χ1n) is 8.89. The summed E-state index contributed by atoms with van der Waals surface area (Å²) >= 11 is 0. The molecular formula is C23H22N2O2. The molecule has 0 heterocycles. The number of anilines is 1. The van der Waals surface area contributed by atoms with E-state index in [1.807, 2.05) is 79.7 Å². The Kier molecular flexibility index (Phi) is 6.00.